The largest absolute Gasteiger partial charge is 0.475 e. The summed E-state index contributed by atoms with van der Waals surface area (Å²) in [6.07, 6.45) is 4.17. The fraction of sp³-hybridized carbons (Fsp3) is 0.667. The van der Waals surface area contributed by atoms with Crippen molar-refractivity contribution in [1.82, 2.24) is 14.9 Å². The number of fused-ring (bicyclic) bond motifs is 1. The first-order valence-electron chi connectivity index (χ1n) is 7.68. The lowest BCUT2D eigenvalue weighted by Crippen LogP contribution is -2.46. The van der Waals surface area contributed by atoms with Crippen LogP contribution in [0.1, 0.15) is 31.5 Å². The molecule has 1 amide bonds. The highest BCUT2D eigenvalue weighted by atomic mass is 16.5. The molecule has 0 radical (unpaired) electrons. The van der Waals surface area contributed by atoms with Crippen molar-refractivity contribution in [3.05, 3.63) is 11.3 Å². The van der Waals surface area contributed by atoms with Gasteiger partial charge in [-0.15, -0.1) is 0 Å². The van der Waals surface area contributed by atoms with E-state index in [0.717, 1.165) is 69.4 Å². The van der Waals surface area contributed by atoms with E-state index < -0.39 is 0 Å². The van der Waals surface area contributed by atoms with Crippen LogP contribution < -0.4 is 9.64 Å². The average molecular weight is 290 g/mol. The van der Waals surface area contributed by atoms with E-state index in [1.165, 1.54) is 5.56 Å². The molecule has 21 heavy (non-hydrogen) atoms. The summed E-state index contributed by atoms with van der Waals surface area (Å²) in [5.74, 6) is 1.50. The van der Waals surface area contributed by atoms with E-state index in [-0.39, 0.29) is 6.10 Å². The number of amides is 1. The van der Waals surface area contributed by atoms with E-state index in [4.69, 9.17) is 9.72 Å². The lowest BCUT2D eigenvalue weighted by Gasteiger charge is -2.32. The summed E-state index contributed by atoms with van der Waals surface area (Å²) in [6.45, 7) is 7.05. The Kier molecular flexibility index (Phi) is 3.94. The van der Waals surface area contributed by atoms with Gasteiger partial charge >= 0.3 is 0 Å². The van der Waals surface area contributed by atoms with E-state index in [0.29, 0.717) is 0 Å². The van der Waals surface area contributed by atoms with Crippen LogP contribution in [-0.4, -0.2) is 53.6 Å². The summed E-state index contributed by atoms with van der Waals surface area (Å²) in [5, 5.41) is 0. The van der Waals surface area contributed by atoms with Gasteiger partial charge in [0.15, 0.2) is 0 Å². The fourth-order valence-electron chi connectivity index (χ4n) is 2.88. The molecule has 0 saturated carbocycles. The molecule has 1 saturated heterocycles. The molecule has 1 aromatic rings. The summed E-state index contributed by atoms with van der Waals surface area (Å²) in [6, 6.07) is 0. The van der Waals surface area contributed by atoms with E-state index >= 15 is 0 Å². The van der Waals surface area contributed by atoms with E-state index in [9.17, 15) is 4.79 Å². The molecule has 0 unspecified atom stereocenters. The quantitative estimate of drug-likeness (QED) is 0.775. The number of piperazine rings is 1. The molecule has 0 N–H and O–H groups in total. The number of hydrogen-bond donors (Lipinski definition) is 0. The van der Waals surface area contributed by atoms with Crippen LogP contribution in [0.4, 0.5) is 5.95 Å². The molecule has 3 rings (SSSR count). The highest BCUT2D eigenvalue weighted by molar-refractivity contribution is 5.49. The van der Waals surface area contributed by atoms with Crippen LogP contribution in [0.15, 0.2) is 0 Å². The molecule has 1 fully saturated rings. The van der Waals surface area contributed by atoms with Gasteiger partial charge in [0.25, 0.3) is 0 Å². The van der Waals surface area contributed by atoms with Crippen LogP contribution in [0.25, 0.3) is 0 Å². The molecule has 1 aliphatic carbocycles. The Balaban J connectivity index is 1.84. The molecule has 114 valence electrons. The van der Waals surface area contributed by atoms with Crippen molar-refractivity contribution in [1.29, 1.82) is 0 Å². The molecule has 2 aliphatic rings. The minimum Gasteiger partial charge on any atom is -0.475 e. The van der Waals surface area contributed by atoms with Crippen molar-refractivity contribution in [2.24, 2.45) is 0 Å². The zero-order valence-corrected chi connectivity index (χ0v) is 12.7. The van der Waals surface area contributed by atoms with Gasteiger partial charge in [-0.2, -0.15) is 4.98 Å². The second-order valence-corrected chi connectivity index (χ2v) is 5.90. The van der Waals surface area contributed by atoms with Crippen molar-refractivity contribution in [3.63, 3.8) is 0 Å². The molecule has 1 aromatic heterocycles. The lowest BCUT2D eigenvalue weighted by atomic mass is 10.2. The monoisotopic (exact) mass is 290 g/mol. The van der Waals surface area contributed by atoms with Crippen LogP contribution in [0, 0.1) is 0 Å². The van der Waals surface area contributed by atoms with Gasteiger partial charge in [0.2, 0.25) is 18.2 Å². The normalized spacial score (nSPS) is 18.0. The molecule has 1 aliphatic heterocycles. The summed E-state index contributed by atoms with van der Waals surface area (Å²) in [4.78, 5) is 24.1. The first kappa shape index (κ1) is 14.1. The number of hydrogen-bond acceptors (Lipinski definition) is 5. The molecule has 0 aromatic carbocycles. The molecule has 0 atom stereocenters. The Labute approximate surface area is 125 Å². The molecular weight excluding hydrogens is 268 g/mol. The Morgan fingerprint density at radius 3 is 2.57 bits per heavy atom. The number of carbonyl (C=O) groups excluding carboxylic acids is 1. The average Bonchev–Trinajstić information content (AvgIpc) is 2.95. The van der Waals surface area contributed by atoms with Crippen LogP contribution in [0.3, 0.4) is 0 Å². The van der Waals surface area contributed by atoms with Crippen molar-refractivity contribution < 1.29 is 9.53 Å². The van der Waals surface area contributed by atoms with Gasteiger partial charge in [-0.25, -0.2) is 4.98 Å². The highest BCUT2D eigenvalue weighted by Crippen LogP contribution is 2.30. The predicted molar refractivity (Wildman–Crippen MR) is 79.7 cm³/mol. The number of nitrogens with zero attached hydrogens (tertiary/aromatic N) is 4. The second kappa shape index (κ2) is 5.87. The van der Waals surface area contributed by atoms with Crippen molar-refractivity contribution in [3.8, 4) is 5.88 Å². The number of carbonyl (C=O) groups is 1. The first-order chi connectivity index (χ1) is 10.2. The lowest BCUT2D eigenvalue weighted by molar-refractivity contribution is -0.118. The van der Waals surface area contributed by atoms with Crippen molar-refractivity contribution in [2.75, 3.05) is 31.1 Å². The summed E-state index contributed by atoms with van der Waals surface area (Å²) in [5.41, 5.74) is 2.31. The van der Waals surface area contributed by atoms with Gasteiger partial charge in [-0.1, -0.05) is 0 Å². The van der Waals surface area contributed by atoms with E-state index in [1.54, 1.807) is 4.90 Å². The van der Waals surface area contributed by atoms with Gasteiger partial charge in [-0.3, -0.25) is 4.79 Å². The molecule has 2 heterocycles. The Hall–Kier alpha value is -1.85. The Bertz CT molecular complexity index is 525. The third kappa shape index (κ3) is 2.94. The Morgan fingerprint density at radius 2 is 1.90 bits per heavy atom. The maximum atomic E-state index is 10.8. The number of aromatic nitrogens is 2. The molecule has 6 nitrogen and oxygen atoms in total. The van der Waals surface area contributed by atoms with Crippen molar-refractivity contribution >= 4 is 12.4 Å². The third-order valence-corrected chi connectivity index (χ3v) is 3.98. The minimum absolute atomic E-state index is 0.115. The third-order valence-electron chi connectivity index (χ3n) is 3.98. The zero-order chi connectivity index (χ0) is 14.8. The van der Waals surface area contributed by atoms with Crippen LogP contribution in [0.2, 0.25) is 0 Å². The molecule has 0 bridgehead atoms. The van der Waals surface area contributed by atoms with Gasteiger partial charge in [0.1, 0.15) is 0 Å². The SMILES string of the molecule is CC(C)Oc1nc(N2CCN(C=O)CC2)nc2c1CCC2. The zero-order valence-electron chi connectivity index (χ0n) is 12.7. The maximum absolute atomic E-state index is 10.8. The minimum atomic E-state index is 0.115. The predicted octanol–water partition coefficient (Wildman–Crippen LogP) is 1.03. The number of ether oxygens (including phenoxy) is 1. The van der Waals surface area contributed by atoms with Crippen LogP contribution >= 0.6 is 0 Å². The fourth-order valence-corrected chi connectivity index (χ4v) is 2.88. The summed E-state index contributed by atoms with van der Waals surface area (Å²) < 4.78 is 5.89. The maximum Gasteiger partial charge on any atom is 0.229 e. The topological polar surface area (TPSA) is 58.6 Å². The van der Waals surface area contributed by atoms with Crippen molar-refractivity contribution in [2.45, 2.75) is 39.2 Å². The Morgan fingerprint density at radius 1 is 1.14 bits per heavy atom. The van der Waals surface area contributed by atoms with Gasteiger partial charge in [0, 0.05) is 31.7 Å². The van der Waals surface area contributed by atoms with Crippen LogP contribution in [-0.2, 0) is 17.6 Å². The van der Waals surface area contributed by atoms with E-state index in [2.05, 4.69) is 9.88 Å². The van der Waals surface area contributed by atoms with Gasteiger partial charge in [0.05, 0.1) is 11.8 Å². The second-order valence-electron chi connectivity index (χ2n) is 5.90. The van der Waals surface area contributed by atoms with Gasteiger partial charge in [-0.05, 0) is 33.1 Å². The van der Waals surface area contributed by atoms with E-state index in [1.807, 2.05) is 13.8 Å². The number of rotatable bonds is 4. The molecule has 6 heteroatoms. The summed E-state index contributed by atoms with van der Waals surface area (Å²) in [7, 11) is 0. The highest BCUT2D eigenvalue weighted by Gasteiger charge is 2.24. The first-order valence-corrected chi connectivity index (χ1v) is 7.68. The molecular formula is C15H22N4O2. The molecule has 0 spiro atoms. The summed E-state index contributed by atoms with van der Waals surface area (Å²) >= 11 is 0. The van der Waals surface area contributed by atoms with Gasteiger partial charge < -0.3 is 14.5 Å². The standard InChI is InChI=1S/C15H22N4O2/c1-11(2)21-14-12-4-3-5-13(12)16-15(17-14)19-8-6-18(10-20)7-9-19/h10-11H,3-9H2,1-2H3. The number of aryl methyl sites for hydroxylation is 1. The number of anilines is 1. The van der Waals surface area contributed by atoms with Crippen LogP contribution in [0.5, 0.6) is 5.88 Å². The smallest absolute Gasteiger partial charge is 0.229 e.